The lowest BCUT2D eigenvalue weighted by atomic mass is 10.2. The summed E-state index contributed by atoms with van der Waals surface area (Å²) in [4.78, 5) is 0. The molecule has 20 heavy (non-hydrogen) atoms. The molecule has 3 nitrogen and oxygen atoms in total. The number of nitrogens with zero attached hydrogens (tertiary/aromatic N) is 1. The monoisotopic (exact) mass is 265 g/mol. The van der Waals surface area contributed by atoms with Crippen molar-refractivity contribution < 1.29 is 9.48 Å². The third-order valence-electron chi connectivity index (χ3n) is 2.69. The van der Waals surface area contributed by atoms with Crippen LogP contribution in [0.1, 0.15) is 11.1 Å². The van der Waals surface area contributed by atoms with Crippen LogP contribution in [-0.4, -0.2) is 17.6 Å². The van der Waals surface area contributed by atoms with Crippen molar-refractivity contribution in [2.24, 2.45) is 0 Å². The second kappa shape index (κ2) is 7.01. The van der Waals surface area contributed by atoms with Crippen molar-refractivity contribution in [2.45, 2.75) is 6.54 Å². The van der Waals surface area contributed by atoms with Crippen molar-refractivity contribution in [1.29, 1.82) is 0 Å². The minimum Gasteiger partial charge on any atom is -0.624 e. The van der Waals surface area contributed by atoms with Gasteiger partial charge in [-0.3, -0.25) is 0 Å². The van der Waals surface area contributed by atoms with Crippen LogP contribution in [0.2, 0.25) is 0 Å². The lowest BCUT2D eigenvalue weighted by Crippen LogP contribution is -2.07. The van der Waals surface area contributed by atoms with E-state index in [1.54, 1.807) is 6.07 Å². The fraction of sp³-hybridized carbons (Fsp3) is 0.118. The molecule has 2 aromatic rings. The molecule has 0 radical (unpaired) electrons. The molecule has 2 rings (SSSR count). The smallest absolute Gasteiger partial charge is 0.185 e. The van der Waals surface area contributed by atoms with E-state index >= 15 is 0 Å². The first-order valence-electron chi connectivity index (χ1n) is 6.27. The first-order chi connectivity index (χ1) is 9.79. The standard InChI is InChI=1S/C17H15NO2/c1-2-12-20-17-11-7-6-10-16(17)14-18(19)13-15-8-4-3-5-9-15/h1,3-11,14H,12-13H2/b18-14-. The number of para-hydroxylation sites is 1. The van der Waals surface area contributed by atoms with Gasteiger partial charge in [0.2, 0.25) is 0 Å². The molecule has 0 aliphatic rings. The normalized spacial score (nSPS) is 10.8. The van der Waals surface area contributed by atoms with Gasteiger partial charge in [-0.25, -0.2) is 4.74 Å². The van der Waals surface area contributed by atoms with E-state index in [1.165, 1.54) is 6.21 Å². The number of hydrogen-bond acceptors (Lipinski definition) is 2. The van der Waals surface area contributed by atoms with Crippen molar-refractivity contribution in [3.05, 3.63) is 70.9 Å². The second-order valence-corrected chi connectivity index (χ2v) is 4.22. The van der Waals surface area contributed by atoms with Crippen molar-refractivity contribution in [1.82, 2.24) is 0 Å². The van der Waals surface area contributed by atoms with Gasteiger partial charge in [0.05, 0.1) is 5.56 Å². The van der Waals surface area contributed by atoms with Crippen LogP contribution in [0.5, 0.6) is 5.75 Å². The molecule has 0 fully saturated rings. The van der Waals surface area contributed by atoms with Crippen LogP contribution >= 0.6 is 0 Å². The summed E-state index contributed by atoms with van der Waals surface area (Å²) in [5.74, 6) is 3.02. The molecule has 0 unspecified atom stereocenters. The van der Waals surface area contributed by atoms with E-state index < -0.39 is 0 Å². The summed E-state index contributed by atoms with van der Waals surface area (Å²) in [6.07, 6.45) is 6.69. The molecule has 0 atom stereocenters. The van der Waals surface area contributed by atoms with E-state index in [9.17, 15) is 5.21 Å². The lowest BCUT2D eigenvalue weighted by molar-refractivity contribution is -0.469. The van der Waals surface area contributed by atoms with Crippen LogP contribution in [0.3, 0.4) is 0 Å². The molecule has 0 spiro atoms. The van der Waals surface area contributed by atoms with Gasteiger partial charge in [0, 0.05) is 5.56 Å². The Kier molecular flexibility index (Phi) is 4.80. The topological polar surface area (TPSA) is 35.3 Å². The summed E-state index contributed by atoms with van der Waals surface area (Å²) in [7, 11) is 0. The number of hydroxylamine groups is 1. The first kappa shape index (κ1) is 13.7. The zero-order valence-corrected chi connectivity index (χ0v) is 11.0. The SMILES string of the molecule is C#CCOc1ccccc1/C=[N+](\[O-])Cc1ccccc1. The number of ether oxygens (including phenoxy) is 1. The average molecular weight is 265 g/mol. The molecule has 0 aliphatic carbocycles. The predicted molar refractivity (Wildman–Crippen MR) is 79.7 cm³/mol. The minimum absolute atomic E-state index is 0.183. The Hall–Kier alpha value is -2.73. The van der Waals surface area contributed by atoms with Gasteiger partial charge in [-0.05, 0) is 12.1 Å². The molecule has 2 aromatic carbocycles. The third-order valence-corrected chi connectivity index (χ3v) is 2.69. The molecule has 0 saturated carbocycles. The molecular formula is C17H15NO2. The second-order valence-electron chi connectivity index (χ2n) is 4.22. The van der Waals surface area contributed by atoms with E-state index in [0.29, 0.717) is 17.9 Å². The third kappa shape index (κ3) is 3.89. The molecule has 0 aromatic heterocycles. The molecule has 0 aliphatic heterocycles. The Morgan fingerprint density at radius 1 is 1.10 bits per heavy atom. The quantitative estimate of drug-likeness (QED) is 0.274. The van der Waals surface area contributed by atoms with Gasteiger partial charge in [-0.1, -0.05) is 48.4 Å². The zero-order valence-electron chi connectivity index (χ0n) is 11.0. The van der Waals surface area contributed by atoms with E-state index in [4.69, 9.17) is 11.2 Å². The first-order valence-corrected chi connectivity index (χ1v) is 6.27. The van der Waals surface area contributed by atoms with Crippen LogP contribution in [0.25, 0.3) is 0 Å². The fourth-order valence-corrected chi connectivity index (χ4v) is 1.80. The van der Waals surface area contributed by atoms with E-state index in [1.807, 2.05) is 48.5 Å². The lowest BCUT2D eigenvalue weighted by Gasteiger charge is -2.07. The maximum atomic E-state index is 12.0. The number of rotatable bonds is 5. The Morgan fingerprint density at radius 2 is 1.80 bits per heavy atom. The number of hydrogen-bond donors (Lipinski definition) is 0. The summed E-state index contributed by atoms with van der Waals surface area (Å²) in [6.45, 7) is 0.479. The predicted octanol–water partition coefficient (Wildman–Crippen LogP) is 2.83. The highest BCUT2D eigenvalue weighted by atomic mass is 16.5. The largest absolute Gasteiger partial charge is 0.624 e. The maximum absolute atomic E-state index is 12.0. The Morgan fingerprint density at radius 3 is 2.55 bits per heavy atom. The summed E-state index contributed by atoms with van der Waals surface area (Å²) >= 11 is 0. The Bertz CT molecular complexity index is 627. The minimum atomic E-state index is 0.183. The molecule has 0 bridgehead atoms. The van der Waals surface area contributed by atoms with Crippen LogP contribution in [-0.2, 0) is 6.54 Å². The molecule has 0 saturated heterocycles. The molecule has 100 valence electrons. The van der Waals surface area contributed by atoms with E-state index in [2.05, 4.69) is 5.92 Å². The van der Waals surface area contributed by atoms with Gasteiger partial charge >= 0.3 is 0 Å². The van der Waals surface area contributed by atoms with Crippen LogP contribution in [0, 0.1) is 17.6 Å². The van der Waals surface area contributed by atoms with Crippen LogP contribution in [0.15, 0.2) is 54.6 Å². The number of benzene rings is 2. The van der Waals surface area contributed by atoms with Crippen molar-refractivity contribution in [2.75, 3.05) is 6.61 Å². The summed E-state index contributed by atoms with van der Waals surface area (Å²) in [5.41, 5.74) is 1.68. The van der Waals surface area contributed by atoms with Crippen molar-refractivity contribution in [3.8, 4) is 18.1 Å². The molecule has 0 amide bonds. The van der Waals surface area contributed by atoms with Gasteiger partial charge in [0.1, 0.15) is 12.4 Å². The Labute approximate surface area is 118 Å². The van der Waals surface area contributed by atoms with Gasteiger partial charge in [0.25, 0.3) is 0 Å². The van der Waals surface area contributed by atoms with Gasteiger partial charge in [0.15, 0.2) is 12.8 Å². The van der Waals surface area contributed by atoms with Gasteiger partial charge in [-0.2, -0.15) is 0 Å². The molecule has 3 heteroatoms. The number of terminal acetylenes is 1. The maximum Gasteiger partial charge on any atom is 0.185 e. The average Bonchev–Trinajstić information content (AvgIpc) is 2.47. The van der Waals surface area contributed by atoms with Gasteiger partial charge in [-0.15, -0.1) is 6.42 Å². The highest BCUT2D eigenvalue weighted by Crippen LogP contribution is 2.15. The molecule has 0 heterocycles. The molecule has 0 N–H and O–H groups in total. The zero-order chi connectivity index (χ0) is 14.2. The molecular weight excluding hydrogens is 250 g/mol. The summed E-state index contributed by atoms with van der Waals surface area (Å²) in [6, 6.07) is 16.9. The summed E-state index contributed by atoms with van der Waals surface area (Å²) < 4.78 is 6.29. The highest BCUT2D eigenvalue weighted by Gasteiger charge is 2.04. The van der Waals surface area contributed by atoms with Gasteiger partial charge < -0.3 is 9.94 Å². The van der Waals surface area contributed by atoms with Crippen LogP contribution < -0.4 is 4.74 Å². The van der Waals surface area contributed by atoms with Crippen molar-refractivity contribution >= 4 is 6.21 Å². The fourth-order valence-electron chi connectivity index (χ4n) is 1.80. The van der Waals surface area contributed by atoms with E-state index in [0.717, 1.165) is 10.3 Å². The van der Waals surface area contributed by atoms with Crippen molar-refractivity contribution in [3.63, 3.8) is 0 Å². The Balaban J connectivity index is 2.15. The summed E-state index contributed by atoms with van der Waals surface area (Å²) in [5, 5.41) is 12.0. The van der Waals surface area contributed by atoms with E-state index in [-0.39, 0.29) is 6.61 Å². The van der Waals surface area contributed by atoms with Crippen LogP contribution in [0.4, 0.5) is 0 Å². The highest BCUT2D eigenvalue weighted by molar-refractivity contribution is 5.80.